The number of piperidine rings is 2. The normalized spacial score (nSPS) is 36.6. The molecule has 4 rings (SSSR count). The van der Waals surface area contributed by atoms with Crippen molar-refractivity contribution in [3.63, 3.8) is 0 Å². The topological polar surface area (TPSA) is 128 Å². The first kappa shape index (κ1) is 17.7. The molecule has 0 saturated carbocycles. The highest BCUT2D eigenvalue weighted by Crippen LogP contribution is 2.37. The van der Waals surface area contributed by atoms with E-state index in [9.17, 15) is 18.0 Å². The van der Waals surface area contributed by atoms with Crippen LogP contribution in [0.25, 0.3) is 0 Å². The number of hydrogen-bond acceptors (Lipinski definition) is 6. The molecule has 4 saturated heterocycles. The number of rotatable bonds is 4. The van der Waals surface area contributed by atoms with Gasteiger partial charge in [0.1, 0.15) is 12.1 Å². The third-order valence-corrected chi connectivity index (χ3v) is 6.04. The Morgan fingerprint density at radius 2 is 1.88 bits per heavy atom. The second-order valence-electron chi connectivity index (χ2n) is 7.40. The molecule has 10 nitrogen and oxygen atoms in total. The molecule has 4 aliphatic heterocycles. The lowest BCUT2D eigenvalue weighted by Crippen LogP contribution is -2.54. The maximum atomic E-state index is 12.8. The van der Waals surface area contributed by atoms with Crippen LogP contribution in [-0.4, -0.2) is 65.1 Å². The second kappa shape index (κ2) is 6.19. The SMILES string of the molecule is C=C1[C@H]2CC[C@@H](C(=O)NC3CC4CCC(C3)N4)N1C(=O)N2OS(=O)(=O)O. The van der Waals surface area contributed by atoms with Gasteiger partial charge >= 0.3 is 16.4 Å². The largest absolute Gasteiger partial charge is 0.418 e. The van der Waals surface area contributed by atoms with Gasteiger partial charge in [0.05, 0.1) is 0 Å². The van der Waals surface area contributed by atoms with Crippen LogP contribution >= 0.6 is 0 Å². The van der Waals surface area contributed by atoms with E-state index in [0.717, 1.165) is 25.7 Å². The number of nitrogens with zero attached hydrogens (tertiary/aromatic N) is 2. The zero-order valence-electron chi connectivity index (χ0n) is 14.1. The van der Waals surface area contributed by atoms with Crippen molar-refractivity contribution in [3.05, 3.63) is 12.3 Å². The standard InChI is InChI=1S/C15H22N4O6S/c1-8-12-4-5-13(18(8)15(21)19(12)25-26(22,23)24)14(20)17-11-6-9-2-3-10(7-11)16-9/h9-13,16H,1-7H2,(H,17,20)(H,22,23,24)/t9?,10?,11?,12-,13+/m1/s1. The van der Waals surface area contributed by atoms with Crippen LogP contribution < -0.4 is 10.6 Å². The molecule has 0 radical (unpaired) electrons. The Kier molecular flexibility index (Phi) is 4.21. The summed E-state index contributed by atoms with van der Waals surface area (Å²) in [5, 5.41) is 7.12. The summed E-state index contributed by atoms with van der Waals surface area (Å²) < 4.78 is 35.2. The Balaban J connectivity index is 1.45. The fourth-order valence-electron chi connectivity index (χ4n) is 4.63. The quantitative estimate of drug-likeness (QED) is 0.576. The van der Waals surface area contributed by atoms with Crippen molar-refractivity contribution in [2.75, 3.05) is 0 Å². The lowest BCUT2D eigenvalue weighted by Gasteiger charge is -2.34. The van der Waals surface area contributed by atoms with E-state index in [-0.39, 0.29) is 11.9 Å². The third-order valence-electron chi connectivity index (χ3n) is 5.69. The predicted octanol–water partition coefficient (Wildman–Crippen LogP) is -0.0977. The molecule has 4 heterocycles. The molecule has 0 aliphatic carbocycles. The number of carbonyl (C=O) groups is 2. The molecular formula is C15H22N4O6S. The van der Waals surface area contributed by atoms with Gasteiger partial charge in [0, 0.05) is 23.8 Å². The highest BCUT2D eigenvalue weighted by atomic mass is 32.3. The minimum atomic E-state index is -4.84. The molecule has 144 valence electrons. The highest BCUT2D eigenvalue weighted by Gasteiger charge is 2.52. The van der Waals surface area contributed by atoms with Crippen molar-refractivity contribution in [1.82, 2.24) is 20.6 Å². The highest BCUT2D eigenvalue weighted by molar-refractivity contribution is 7.80. The molecule has 26 heavy (non-hydrogen) atoms. The number of fused-ring (bicyclic) bond motifs is 4. The first-order chi connectivity index (χ1) is 12.2. The van der Waals surface area contributed by atoms with Gasteiger partial charge in [0.2, 0.25) is 5.91 Å². The molecule has 4 aliphatic rings. The van der Waals surface area contributed by atoms with Gasteiger partial charge in [-0.2, -0.15) is 13.5 Å². The molecule has 4 fully saturated rings. The van der Waals surface area contributed by atoms with E-state index in [1.54, 1.807) is 0 Å². The third kappa shape index (κ3) is 3.08. The molecule has 11 heteroatoms. The van der Waals surface area contributed by atoms with Gasteiger partial charge in [-0.3, -0.25) is 14.2 Å². The van der Waals surface area contributed by atoms with E-state index in [1.807, 2.05) is 0 Å². The van der Waals surface area contributed by atoms with E-state index in [2.05, 4.69) is 21.5 Å². The van der Waals surface area contributed by atoms with E-state index in [1.165, 1.54) is 4.90 Å². The lowest BCUT2D eigenvalue weighted by atomic mass is 9.95. The van der Waals surface area contributed by atoms with E-state index >= 15 is 0 Å². The summed E-state index contributed by atoms with van der Waals surface area (Å²) >= 11 is 0. The summed E-state index contributed by atoms with van der Waals surface area (Å²) in [6, 6.07) is -1.35. The van der Waals surface area contributed by atoms with Crippen molar-refractivity contribution < 1.29 is 26.8 Å². The molecule has 0 aromatic carbocycles. The van der Waals surface area contributed by atoms with Gasteiger partial charge in [-0.1, -0.05) is 6.58 Å². The average molecular weight is 386 g/mol. The Morgan fingerprint density at radius 1 is 1.23 bits per heavy atom. The molecule has 4 atom stereocenters. The van der Waals surface area contributed by atoms with Gasteiger partial charge in [-0.15, -0.1) is 4.28 Å². The van der Waals surface area contributed by atoms with Crippen LogP contribution in [0.3, 0.4) is 0 Å². The molecule has 0 spiro atoms. The van der Waals surface area contributed by atoms with E-state index < -0.39 is 28.5 Å². The van der Waals surface area contributed by atoms with Crippen LogP contribution in [0, 0.1) is 0 Å². The Labute approximate surface area is 151 Å². The van der Waals surface area contributed by atoms with Crippen molar-refractivity contribution >= 4 is 22.3 Å². The zero-order valence-corrected chi connectivity index (χ0v) is 14.9. The van der Waals surface area contributed by atoms with E-state index in [4.69, 9.17) is 4.55 Å². The van der Waals surface area contributed by atoms with Gasteiger partial charge in [-0.05, 0) is 38.5 Å². The predicted molar refractivity (Wildman–Crippen MR) is 88.8 cm³/mol. The molecule has 0 aromatic heterocycles. The average Bonchev–Trinajstić information content (AvgIpc) is 2.93. The Bertz CT molecular complexity index is 743. The van der Waals surface area contributed by atoms with Gasteiger partial charge in [0.15, 0.2) is 0 Å². The van der Waals surface area contributed by atoms with Crippen LogP contribution in [0.2, 0.25) is 0 Å². The molecule has 3 amide bonds. The zero-order chi connectivity index (χ0) is 18.6. The number of nitrogens with one attached hydrogen (secondary N) is 2. The maximum absolute atomic E-state index is 12.8. The molecule has 3 N–H and O–H groups in total. The first-order valence-corrected chi connectivity index (χ1v) is 10.1. The summed E-state index contributed by atoms with van der Waals surface area (Å²) in [7, 11) is -4.84. The summed E-state index contributed by atoms with van der Waals surface area (Å²) in [4.78, 5) is 26.4. The van der Waals surface area contributed by atoms with Crippen LogP contribution in [0.4, 0.5) is 4.79 Å². The molecule has 0 aromatic rings. The minimum absolute atomic E-state index is 0.0649. The molecule has 2 unspecified atom stereocenters. The fourth-order valence-corrected chi connectivity index (χ4v) is 5.00. The van der Waals surface area contributed by atoms with Gasteiger partial charge < -0.3 is 10.6 Å². The fraction of sp³-hybridized carbons (Fsp3) is 0.733. The van der Waals surface area contributed by atoms with Crippen molar-refractivity contribution in [2.24, 2.45) is 0 Å². The van der Waals surface area contributed by atoms with E-state index in [0.29, 0.717) is 35.7 Å². The van der Waals surface area contributed by atoms with Gasteiger partial charge in [-0.25, -0.2) is 4.79 Å². The number of carbonyl (C=O) groups excluding carboxylic acids is 2. The van der Waals surface area contributed by atoms with Crippen LogP contribution in [-0.2, 0) is 19.5 Å². The first-order valence-electron chi connectivity index (χ1n) is 8.77. The summed E-state index contributed by atoms with van der Waals surface area (Å²) in [5.41, 5.74) is 0.301. The summed E-state index contributed by atoms with van der Waals surface area (Å²) in [6.45, 7) is 3.80. The number of hydrogen-bond donors (Lipinski definition) is 3. The number of hydroxylamine groups is 2. The van der Waals surface area contributed by atoms with Gasteiger partial charge in [0.25, 0.3) is 0 Å². The van der Waals surface area contributed by atoms with Crippen LogP contribution in [0.5, 0.6) is 0 Å². The number of urea groups is 1. The maximum Gasteiger partial charge on any atom is 0.418 e. The van der Waals surface area contributed by atoms with Crippen molar-refractivity contribution in [3.8, 4) is 0 Å². The second-order valence-corrected chi connectivity index (χ2v) is 8.40. The smallest absolute Gasteiger partial charge is 0.351 e. The van der Waals surface area contributed by atoms with Crippen LogP contribution in [0.1, 0.15) is 38.5 Å². The Morgan fingerprint density at radius 3 is 2.50 bits per heavy atom. The monoisotopic (exact) mass is 386 g/mol. The molecular weight excluding hydrogens is 364 g/mol. The number of amides is 3. The van der Waals surface area contributed by atoms with Crippen LogP contribution in [0.15, 0.2) is 12.3 Å². The Hall–Kier alpha value is -1.69. The molecule has 4 bridgehead atoms. The summed E-state index contributed by atoms with van der Waals surface area (Å²) in [6.07, 6.45) is 4.66. The van der Waals surface area contributed by atoms with Crippen molar-refractivity contribution in [1.29, 1.82) is 0 Å². The lowest BCUT2D eigenvalue weighted by molar-refractivity contribution is -0.126. The minimum Gasteiger partial charge on any atom is -0.351 e. The van der Waals surface area contributed by atoms with Crippen molar-refractivity contribution in [2.45, 2.75) is 68.7 Å². The summed E-state index contributed by atoms with van der Waals surface area (Å²) in [5.74, 6) is -0.266.